The van der Waals surface area contributed by atoms with Gasteiger partial charge >= 0.3 is 5.97 Å². The minimum atomic E-state index is -0.341. The van der Waals surface area contributed by atoms with E-state index >= 15 is 0 Å². The van der Waals surface area contributed by atoms with E-state index in [0.717, 1.165) is 45.0 Å². The summed E-state index contributed by atoms with van der Waals surface area (Å²) in [4.78, 5) is 22.3. The van der Waals surface area contributed by atoms with Crippen LogP contribution >= 0.6 is 47.8 Å². The molecular weight excluding hydrogens is 542 g/mol. The quantitative estimate of drug-likeness (QED) is 0.454. The van der Waals surface area contributed by atoms with Gasteiger partial charge in [0.1, 0.15) is 0 Å². The van der Waals surface area contributed by atoms with Crippen LogP contribution in [0, 0.1) is 5.41 Å². The highest BCUT2D eigenvalue weighted by Gasteiger charge is 2.38. The maximum absolute atomic E-state index is 12.0. The fourth-order valence-corrected chi connectivity index (χ4v) is 4.12. The molecule has 0 N–H and O–H groups in total. The number of esters is 1. The van der Waals surface area contributed by atoms with Crippen molar-refractivity contribution in [1.29, 1.82) is 0 Å². The average molecular weight is 564 g/mol. The summed E-state index contributed by atoms with van der Waals surface area (Å²) in [6.07, 6.45) is 8.75. The lowest BCUT2D eigenvalue weighted by molar-refractivity contribution is -0.155. The number of anilines is 1. The topological polar surface area (TPSA) is 55.3 Å². The van der Waals surface area contributed by atoms with Gasteiger partial charge in [0.2, 0.25) is 0 Å². The molecule has 0 spiro atoms. The van der Waals surface area contributed by atoms with Crippen molar-refractivity contribution in [2.45, 2.75) is 26.7 Å². The van der Waals surface area contributed by atoms with Crippen molar-refractivity contribution >= 4 is 59.4 Å². The van der Waals surface area contributed by atoms with Crippen LogP contribution in [0.3, 0.4) is 0 Å². The van der Waals surface area contributed by atoms with Gasteiger partial charge in [0.15, 0.2) is 0 Å². The second-order valence-electron chi connectivity index (χ2n) is 6.45. The number of rotatable bonds is 3. The van der Waals surface area contributed by atoms with Gasteiger partial charge in [0.25, 0.3) is 0 Å². The van der Waals surface area contributed by atoms with Gasteiger partial charge in [0.05, 0.1) is 23.9 Å². The number of ether oxygens (including phenoxy) is 1. The number of pyridine rings is 2. The zero-order valence-corrected chi connectivity index (χ0v) is 20.0. The van der Waals surface area contributed by atoms with Gasteiger partial charge in [-0.05, 0) is 86.6 Å². The van der Waals surface area contributed by atoms with Gasteiger partial charge in [-0.15, -0.1) is 0 Å². The molecule has 1 aliphatic heterocycles. The number of hydrogen-bond acceptors (Lipinski definition) is 5. The molecule has 0 aromatic carbocycles. The van der Waals surface area contributed by atoms with Gasteiger partial charge in [-0.1, -0.05) is 0 Å². The van der Waals surface area contributed by atoms with Gasteiger partial charge in [0, 0.05) is 45.1 Å². The standard InChI is InChI=1S/C14H19BrN2O2.C5H3Br2N/c1-3-19-13(18)14(2)4-6-17(7-5-14)12-8-11(15)9-16-10-12;6-4-1-5(7)3-8-2-4/h8-10H,3-7H2,1-2H3;1-3H. The van der Waals surface area contributed by atoms with E-state index in [1.807, 2.05) is 26.1 Å². The lowest BCUT2D eigenvalue weighted by Gasteiger charge is -2.38. The van der Waals surface area contributed by atoms with Crippen molar-refractivity contribution in [2.75, 3.05) is 24.6 Å². The van der Waals surface area contributed by atoms with Crippen molar-refractivity contribution in [2.24, 2.45) is 5.41 Å². The second-order valence-corrected chi connectivity index (χ2v) is 9.20. The van der Waals surface area contributed by atoms with Gasteiger partial charge in [-0.25, -0.2) is 0 Å². The fraction of sp³-hybridized carbons (Fsp3) is 0.421. The molecule has 1 aliphatic rings. The third kappa shape index (κ3) is 6.84. The molecule has 0 unspecified atom stereocenters. The third-order valence-corrected chi connectivity index (χ3v) is 5.66. The Balaban J connectivity index is 0.000000273. The smallest absolute Gasteiger partial charge is 0.311 e. The zero-order valence-electron chi connectivity index (χ0n) is 15.3. The molecule has 0 saturated carbocycles. The molecule has 27 heavy (non-hydrogen) atoms. The van der Waals surface area contributed by atoms with E-state index in [2.05, 4.69) is 68.7 Å². The molecule has 5 nitrogen and oxygen atoms in total. The second kappa shape index (κ2) is 10.5. The first-order valence-corrected chi connectivity index (χ1v) is 11.0. The number of carbonyl (C=O) groups is 1. The van der Waals surface area contributed by atoms with Crippen LogP contribution in [0.2, 0.25) is 0 Å². The van der Waals surface area contributed by atoms with Crippen LogP contribution in [-0.4, -0.2) is 35.6 Å². The molecule has 2 aromatic rings. The SMILES string of the molecule is Brc1cncc(Br)c1.CCOC(=O)C1(C)CCN(c2cncc(Br)c2)CC1. The highest BCUT2D eigenvalue weighted by molar-refractivity contribution is 9.11. The van der Waals surface area contributed by atoms with E-state index in [-0.39, 0.29) is 11.4 Å². The molecule has 2 aromatic heterocycles. The summed E-state index contributed by atoms with van der Waals surface area (Å²) in [5.41, 5.74) is 0.756. The van der Waals surface area contributed by atoms with Crippen LogP contribution in [0.4, 0.5) is 5.69 Å². The Morgan fingerprint density at radius 1 is 1.04 bits per heavy atom. The van der Waals surface area contributed by atoms with Crippen molar-refractivity contribution < 1.29 is 9.53 Å². The number of piperidine rings is 1. The van der Waals surface area contributed by atoms with Crippen molar-refractivity contribution in [3.63, 3.8) is 0 Å². The van der Waals surface area contributed by atoms with Crippen LogP contribution in [0.5, 0.6) is 0 Å². The Bertz CT molecular complexity index is 748. The van der Waals surface area contributed by atoms with E-state index < -0.39 is 0 Å². The van der Waals surface area contributed by atoms with E-state index in [4.69, 9.17) is 4.74 Å². The Morgan fingerprint density at radius 3 is 2.00 bits per heavy atom. The minimum Gasteiger partial charge on any atom is -0.466 e. The van der Waals surface area contributed by atoms with Crippen LogP contribution < -0.4 is 4.90 Å². The normalized spacial score (nSPS) is 15.5. The summed E-state index contributed by atoms with van der Waals surface area (Å²) in [6, 6.07) is 3.99. The summed E-state index contributed by atoms with van der Waals surface area (Å²) in [6.45, 7) is 6.01. The molecule has 146 valence electrons. The van der Waals surface area contributed by atoms with E-state index in [0.29, 0.717) is 6.61 Å². The first-order chi connectivity index (χ1) is 12.8. The number of halogens is 3. The predicted molar refractivity (Wildman–Crippen MR) is 118 cm³/mol. The van der Waals surface area contributed by atoms with Crippen LogP contribution in [0.25, 0.3) is 0 Å². The first kappa shape index (κ1) is 22.3. The minimum absolute atomic E-state index is 0.0676. The fourth-order valence-electron chi connectivity index (χ4n) is 2.73. The first-order valence-electron chi connectivity index (χ1n) is 8.63. The molecule has 0 atom stereocenters. The Kier molecular flexibility index (Phi) is 8.69. The predicted octanol–water partition coefficient (Wildman–Crippen LogP) is 5.62. The molecule has 8 heteroatoms. The van der Waals surface area contributed by atoms with E-state index in [1.54, 1.807) is 18.6 Å². The van der Waals surface area contributed by atoms with Crippen molar-refractivity contribution in [3.8, 4) is 0 Å². The molecule has 1 fully saturated rings. The number of hydrogen-bond donors (Lipinski definition) is 0. The average Bonchev–Trinajstić information content (AvgIpc) is 2.63. The summed E-state index contributed by atoms with van der Waals surface area (Å²) >= 11 is 9.97. The maximum atomic E-state index is 12.0. The number of aromatic nitrogens is 2. The molecule has 3 heterocycles. The van der Waals surface area contributed by atoms with Crippen LogP contribution in [0.1, 0.15) is 26.7 Å². The van der Waals surface area contributed by atoms with Gasteiger partial charge < -0.3 is 9.64 Å². The lowest BCUT2D eigenvalue weighted by atomic mass is 9.80. The Hall–Kier alpha value is -0.990. The monoisotopic (exact) mass is 561 g/mol. The lowest BCUT2D eigenvalue weighted by Crippen LogP contribution is -2.43. The molecule has 0 aliphatic carbocycles. The Morgan fingerprint density at radius 2 is 1.56 bits per heavy atom. The maximum Gasteiger partial charge on any atom is 0.311 e. The van der Waals surface area contributed by atoms with E-state index in [1.165, 1.54) is 0 Å². The third-order valence-electron chi connectivity index (χ3n) is 4.36. The van der Waals surface area contributed by atoms with Crippen LogP contribution in [0.15, 0.2) is 50.3 Å². The Labute approximate surface area is 185 Å². The molecule has 3 rings (SSSR count). The largest absolute Gasteiger partial charge is 0.466 e. The van der Waals surface area contributed by atoms with Gasteiger partial charge in [-0.3, -0.25) is 14.8 Å². The summed E-state index contributed by atoms with van der Waals surface area (Å²) in [7, 11) is 0. The zero-order chi connectivity index (χ0) is 19.9. The molecule has 0 bridgehead atoms. The highest BCUT2D eigenvalue weighted by atomic mass is 79.9. The van der Waals surface area contributed by atoms with Gasteiger partial charge in [-0.2, -0.15) is 0 Å². The summed E-state index contributed by atoms with van der Waals surface area (Å²) in [5.74, 6) is -0.0676. The highest BCUT2D eigenvalue weighted by Crippen LogP contribution is 2.34. The molecular formula is C19H22Br3N3O2. The summed E-state index contributed by atoms with van der Waals surface area (Å²) in [5, 5.41) is 0. The van der Waals surface area contributed by atoms with Crippen molar-refractivity contribution in [1.82, 2.24) is 9.97 Å². The number of carbonyl (C=O) groups excluding carboxylic acids is 1. The molecule has 0 radical (unpaired) electrons. The van der Waals surface area contributed by atoms with E-state index in [9.17, 15) is 4.79 Å². The summed E-state index contributed by atoms with van der Waals surface area (Å²) < 4.78 is 8.13. The molecule has 0 amide bonds. The molecule has 1 saturated heterocycles. The van der Waals surface area contributed by atoms with Crippen LogP contribution in [-0.2, 0) is 9.53 Å². The van der Waals surface area contributed by atoms with Crippen molar-refractivity contribution in [3.05, 3.63) is 50.3 Å². The number of nitrogens with zero attached hydrogens (tertiary/aromatic N) is 3.